The number of aromatic nitrogens is 7. The lowest BCUT2D eigenvalue weighted by Crippen LogP contribution is -2.22. The van der Waals surface area contributed by atoms with Crippen LogP contribution in [0.5, 0.6) is 0 Å². The Balaban J connectivity index is 1.71. The van der Waals surface area contributed by atoms with Crippen molar-refractivity contribution in [3.05, 3.63) is 47.7 Å². The molecule has 4 heterocycles. The minimum Gasteiger partial charge on any atom is -0.359 e. The lowest BCUT2D eigenvalue weighted by atomic mass is 10.1. The largest absolute Gasteiger partial charge is 0.359 e. The van der Waals surface area contributed by atoms with Crippen molar-refractivity contribution in [2.24, 2.45) is 7.05 Å². The average molecular weight is 362 g/mol. The van der Waals surface area contributed by atoms with Crippen molar-refractivity contribution in [3.8, 4) is 11.4 Å². The smallest absolute Gasteiger partial charge is 0.164 e. The molecule has 0 atom stereocenters. The van der Waals surface area contributed by atoms with E-state index in [4.69, 9.17) is 9.97 Å². The molecule has 27 heavy (non-hydrogen) atoms. The van der Waals surface area contributed by atoms with Gasteiger partial charge in [0.15, 0.2) is 11.5 Å². The Bertz CT molecular complexity index is 1060. The Labute approximate surface area is 157 Å². The molecule has 0 spiro atoms. The molecule has 0 bridgehead atoms. The van der Waals surface area contributed by atoms with E-state index in [-0.39, 0.29) is 0 Å². The Morgan fingerprint density at radius 3 is 2.63 bits per heavy atom. The van der Waals surface area contributed by atoms with E-state index < -0.39 is 0 Å². The third kappa shape index (κ3) is 3.14. The van der Waals surface area contributed by atoms with Crippen LogP contribution >= 0.6 is 0 Å². The molecule has 4 aromatic rings. The van der Waals surface area contributed by atoms with Gasteiger partial charge in [0, 0.05) is 44.3 Å². The Morgan fingerprint density at radius 1 is 1.15 bits per heavy atom. The predicted molar refractivity (Wildman–Crippen MR) is 105 cm³/mol. The third-order valence-corrected chi connectivity index (χ3v) is 4.85. The summed E-state index contributed by atoms with van der Waals surface area (Å²) in [7, 11) is 3.95. The van der Waals surface area contributed by atoms with Gasteiger partial charge in [0.2, 0.25) is 0 Å². The molecule has 0 saturated heterocycles. The van der Waals surface area contributed by atoms with E-state index in [9.17, 15) is 0 Å². The second-order valence-electron chi connectivity index (χ2n) is 6.70. The summed E-state index contributed by atoms with van der Waals surface area (Å²) in [6.07, 6.45) is 6.22. The number of hydrogen-bond acceptors (Lipinski definition) is 6. The van der Waals surface area contributed by atoms with Crippen LogP contribution in [-0.2, 0) is 13.5 Å². The molecule has 0 aromatic carbocycles. The van der Waals surface area contributed by atoms with Crippen molar-refractivity contribution >= 4 is 16.9 Å². The van der Waals surface area contributed by atoms with Crippen molar-refractivity contribution in [2.75, 3.05) is 18.5 Å². The van der Waals surface area contributed by atoms with E-state index in [1.54, 1.807) is 17.1 Å². The molecular formula is C19H22N8. The van der Waals surface area contributed by atoms with Crippen molar-refractivity contribution in [3.63, 3.8) is 0 Å². The first kappa shape index (κ1) is 17.1. The van der Waals surface area contributed by atoms with Crippen LogP contribution in [0.4, 0.5) is 5.82 Å². The van der Waals surface area contributed by atoms with Gasteiger partial charge in [0.25, 0.3) is 0 Å². The number of likely N-dealkylation sites (N-methyl/N-ethyl adjacent to an activating group) is 1. The minimum atomic E-state index is 0.672. The Morgan fingerprint density at radius 2 is 1.93 bits per heavy atom. The maximum atomic E-state index is 4.84. The summed E-state index contributed by atoms with van der Waals surface area (Å²) in [5.74, 6) is 1.55. The monoisotopic (exact) mass is 362 g/mol. The first-order chi connectivity index (χ1) is 13.0. The summed E-state index contributed by atoms with van der Waals surface area (Å²) in [5, 5.41) is 12.7. The van der Waals surface area contributed by atoms with Crippen LogP contribution in [0.25, 0.3) is 22.4 Å². The van der Waals surface area contributed by atoms with Gasteiger partial charge < -0.3 is 4.90 Å². The maximum Gasteiger partial charge on any atom is 0.164 e. The molecule has 4 rings (SSSR count). The molecule has 8 heteroatoms. The molecule has 138 valence electrons. The number of pyridine rings is 1. The Hall–Kier alpha value is -3.29. The molecule has 0 amide bonds. The van der Waals surface area contributed by atoms with E-state index in [0.29, 0.717) is 5.82 Å². The summed E-state index contributed by atoms with van der Waals surface area (Å²) >= 11 is 0. The molecule has 0 unspecified atom stereocenters. The van der Waals surface area contributed by atoms with Crippen LogP contribution in [0.1, 0.15) is 17.0 Å². The van der Waals surface area contributed by atoms with Gasteiger partial charge in [0.1, 0.15) is 5.82 Å². The zero-order chi connectivity index (χ0) is 19.0. The average Bonchev–Trinajstić information content (AvgIpc) is 3.22. The van der Waals surface area contributed by atoms with Crippen LogP contribution in [-0.4, -0.2) is 48.5 Å². The van der Waals surface area contributed by atoms with Gasteiger partial charge in [-0.2, -0.15) is 10.2 Å². The van der Waals surface area contributed by atoms with Gasteiger partial charge in [-0.3, -0.25) is 14.8 Å². The number of rotatable bonds is 5. The number of aromatic amines is 1. The van der Waals surface area contributed by atoms with Gasteiger partial charge >= 0.3 is 0 Å². The quantitative estimate of drug-likeness (QED) is 0.587. The van der Waals surface area contributed by atoms with Gasteiger partial charge in [-0.05, 0) is 38.0 Å². The highest BCUT2D eigenvalue weighted by Crippen LogP contribution is 2.26. The summed E-state index contributed by atoms with van der Waals surface area (Å²) in [4.78, 5) is 15.8. The normalized spacial score (nSPS) is 11.3. The number of aryl methyl sites for hydroxylation is 3. The highest BCUT2D eigenvalue weighted by Gasteiger charge is 2.16. The third-order valence-electron chi connectivity index (χ3n) is 4.85. The molecule has 8 nitrogen and oxygen atoms in total. The van der Waals surface area contributed by atoms with Crippen molar-refractivity contribution in [1.82, 2.24) is 34.9 Å². The second-order valence-corrected chi connectivity index (χ2v) is 6.70. The van der Waals surface area contributed by atoms with Crippen LogP contribution in [0, 0.1) is 13.8 Å². The molecule has 0 aliphatic heterocycles. The molecule has 0 fully saturated rings. The summed E-state index contributed by atoms with van der Waals surface area (Å²) in [6.45, 7) is 4.91. The van der Waals surface area contributed by atoms with E-state index in [1.165, 1.54) is 5.56 Å². The topological polar surface area (TPSA) is 88.4 Å². The van der Waals surface area contributed by atoms with Crippen molar-refractivity contribution in [1.29, 1.82) is 0 Å². The number of nitrogens with one attached hydrogen (secondary N) is 1. The molecule has 0 aliphatic carbocycles. The van der Waals surface area contributed by atoms with Gasteiger partial charge in [-0.1, -0.05) is 0 Å². The standard InChI is InChI=1S/C19H22N8/c1-12-15(13(2)25-24-12)7-10-26(3)18-16-11-21-27(4)19(16)23-17(22-18)14-5-8-20-9-6-14/h5-6,8-9,11H,7,10H2,1-4H3,(H,24,25). The van der Waals surface area contributed by atoms with E-state index in [1.807, 2.05) is 32.3 Å². The summed E-state index contributed by atoms with van der Waals surface area (Å²) < 4.78 is 1.78. The molecule has 1 N–H and O–H groups in total. The fourth-order valence-corrected chi connectivity index (χ4v) is 3.26. The van der Waals surface area contributed by atoms with Gasteiger partial charge in [-0.15, -0.1) is 0 Å². The van der Waals surface area contributed by atoms with E-state index in [0.717, 1.165) is 46.8 Å². The summed E-state index contributed by atoms with van der Waals surface area (Å²) in [6, 6.07) is 3.83. The zero-order valence-corrected chi connectivity index (χ0v) is 15.9. The van der Waals surface area contributed by atoms with Crippen LogP contribution in [0.3, 0.4) is 0 Å². The first-order valence-corrected chi connectivity index (χ1v) is 8.86. The highest BCUT2D eigenvalue weighted by atomic mass is 15.3. The molecule has 0 saturated carbocycles. The second kappa shape index (κ2) is 6.79. The number of fused-ring (bicyclic) bond motifs is 1. The van der Waals surface area contributed by atoms with E-state index in [2.05, 4.69) is 39.2 Å². The molecule has 0 radical (unpaired) electrons. The molecule has 4 aromatic heterocycles. The van der Waals surface area contributed by atoms with Crippen LogP contribution in [0.2, 0.25) is 0 Å². The number of hydrogen-bond donors (Lipinski definition) is 1. The molecule has 0 aliphatic rings. The van der Waals surface area contributed by atoms with Crippen LogP contribution in [0.15, 0.2) is 30.7 Å². The van der Waals surface area contributed by atoms with Crippen LogP contribution < -0.4 is 4.90 Å². The van der Waals surface area contributed by atoms with Gasteiger partial charge in [-0.25, -0.2) is 9.97 Å². The fraction of sp³-hybridized carbons (Fsp3) is 0.316. The number of H-pyrrole nitrogens is 1. The SMILES string of the molecule is Cc1n[nH]c(C)c1CCN(C)c1nc(-c2ccncc2)nc2c1cnn2C. The maximum absolute atomic E-state index is 4.84. The Kier molecular flexibility index (Phi) is 4.31. The highest BCUT2D eigenvalue weighted by molar-refractivity contribution is 5.88. The van der Waals surface area contributed by atoms with E-state index >= 15 is 0 Å². The lowest BCUT2D eigenvalue weighted by molar-refractivity contribution is 0.785. The fourth-order valence-electron chi connectivity index (χ4n) is 3.26. The van der Waals surface area contributed by atoms with Crippen molar-refractivity contribution < 1.29 is 0 Å². The molecular weight excluding hydrogens is 340 g/mol. The predicted octanol–water partition coefficient (Wildman–Crippen LogP) is 2.44. The number of nitrogens with zero attached hydrogens (tertiary/aromatic N) is 7. The van der Waals surface area contributed by atoms with Crippen molar-refractivity contribution in [2.45, 2.75) is 20.3 Å². The minimum absolute atomic E-state index is 0.672. The first-order valence-electron chi connectivity index (χ1n) is 8.86. The zero-order valence-electron chi connectivity index (χ0n) is 15.9. The summed E-state index contributed by atoms with van der Waals surface area (Å²) in [5.41, 5.74) is 5.17. The lowest BCUT2D eigenvalue weighted by Gasteiger charge is -2.19. The van der Waals surface area contributed by atoms with Gasteiger partial charge in [0.05, 0.1) is 17.3 Å². The number of anilines is 1.